The molecule has 0 radical (unpaired) electrons. The van der Waals surface area contributed by atoms with Crippen LogP contribution in [0.2, 0.25) is 0 Å². The first kappa shape index (κ1) is 17.1. The van der Waals surface area contributed by atoms with E-state index in [1.54, 1.807) is 6.66 Å². The van der Waals surface area contributed by atoms with Crippen LogP contribution in [0, 0.1) is 0 Å². The number of carbonyl (C=O) groups is 2. The van der Waals surface area contributed by atoms with Gasteiger partial charge in [-0.2, -0.15) is 0 Å². The lowest BCUT2D eigenvalue weighted by Gasteiger charge is -2.18. The van der Waals surface area contributed by atoms with Crippen molar-refractivity contribution in [2.75, 3.05) is 26.9 Å². The summed E-state index contributed by atoms with van der Waals surface area (Å²) in [6.45, 7) is 1.61. The van der Waals surface area contributed by atoms with Gasteiger partial charge in [0, 0.05) is 20.1 Å². The number of carboxylic acid groups (broad SMARTS) is 2. The minimum Gasteiger partial charge on any atom is -0.481 e. The maximum Gasteiger partial charge on any atom is 0.330 e. The fourth-order valence-corrected chi connectivity index (χ4v) is 2.24. The van der Waals surface area contributed by atoms with Crippen molar-refractivity contribution in [3.05, 3.63) is 0 Å². The van der Waals surface area contributed by atoms with E-state index in [2.05, 4.69) is 4.74 Å². The number of aliphatic carboxylic acids is 2. The summed E-state index contributed by atoms with van der Waals surface area (Å²) in [5, 5.41) is 16.9. The fraction of sp³-hybridized carbons (Fsp3) is 0.800. The summed E-state index contributed by atoms with van der Waals surface area (Å²) in [6.07, 6.45) is 2.21. The average molecular weight is 281 g/mol. The largest absolute Gasteiger partial charge is 0.481 e. The maximum absolute atomic E-state index is 10.4. The van der Waals surface area contributed by atoms with Crippen LogP contribution in [0.15, 0.2) is 4.74 Å². The van der Waals surface area contributed by atoms with Gasteiger partial charge in [-0.15, -0.1) is 0 Å². The molecule has 0 aromatic heterocycles. The fourth-order valence-electron chi connectivity index (χ4n) is 1.12. The van der Waals surface area contributed by atoms with Crippen LogP contribution in [0.1, 0.15) is 25.7 Å². The minimum absolute atomic E-state index is 0.153. The molecule has 0 saturated heterocycles. The molecule has 0 saturated carbocycles. The van der Waals surface area contributed by atoms with Crippen molar-refractivity contribution >= 4 is 19.4 Å². The van der Waals surface area contributed by atoms with Gasteiger partial charge >= 0.3 is 11.9 Å². The van der Waals surface area contributed by atoms with Gasteiger partial charge in [-0.25, -0.2) is 4.79 Å². The van der Waals surface area contributed by atoms with Crippen molar-refractivity contribution in [2.45, 2.75) is 25.7 Å². The highest BCUT2D eigenvalue weighted by Crippen LogP contribution is 2.47. The molecule has 8 heteroatoms. The summed E-state index contributed by atoms with van der Waals surface area (Å²) in [6, 6.07) is 0. The van der Waals surface area contributed by atoms with Gasteiger partial charge < -0.3 is 19.3 Å². The van der Waals surface area contributed by atoms with Crippen molar-refractivity contribution < 1.29 is 28.8 Å². The molecule has 7 nitrogen and oxygen atoms in total. The van der Waals surface area contributed by atoms with Crippen molar-refractivity contribution in [1.82, 2.24) is 0 Å². The van der Waals surface area contributed by atoms with Crippen LogP contribution in [0.25, 0.3) is 0 Å². The first-order valence-electron chi connectivity index (χ1n) is 5.60. The number of unbranched alkanes of at least 4 members (excludes halogenated alkanes) is 2. The van der Waals surface area contributed by atoms with Crippen LogP contribution in [0.4, 0.5) is 0 Å². The Hall–Kier alpha value is -0.910. The van der Waals surface area contributed by atoms with Crippen LogP contribution in [-0.2, 0) is 18.6 Å². The standard InChI is InChI=1S/C10H20NO6P/c1-11-18(2,17-8-10(14)15)16-7-5-3-4-6-9(12)13/h3-8H2,1-2H3,(H,12,13)(H,14,15). The first-order chi connectivity index (χ1) is 8.39. The zero-order valence-corrected chi connectivity index (χ0v) is 11.6. The lowest BCUT2D eigenvalue weighted by Crippen LogP contribution is -2.07. The van der Waals surface area contributed by atoms with E-state index in [0.29, 0.717) is 19.4 Å². The zero-order valence-electron chi connectivity index (χ0n) is 10.7. The van der Waals surface area contributed by atoms with Gasteiger partial charge in [0.05, 0.1) is 6.61 Å². The number of rotatable bonds is 10. The van der Waals surface area contributed by atoms with Gasteiger partial charge in [0.2, 0.25) is 7.51 Å². The molecule has 0 aliphatic rings. The van der Waals surface area contributed by atoms with E-state index in [0.717, 1.165) is 6.42 Å². The van der Waals surface area contributed by atoms with E-state index in [9.17, 15) is 9.59 Å². The SMILES string of the molecule is CN=P(C)(OCCCCCC(=O)O)OCC(=O)O. The van der Waals surface area contributed by atoms with E-state index in [1.807, 2.05) is 0 Å². The zero-order chi connectivity index (χ0) is 14.0. The molecule has 0 bridgehead atoms. The predicted octanol–water partition coefficient (Wildman–Crippen LogP) is 2.04. The summed E-state index contributed by atoms with van der Waals surface area (Å²) in [7, 11) is -0.916. The molecule has 2 N–H and O–H groups in total. The van der Waals surface area contributed by atoms with Gasteiger partial charge in [-0.1, -0.05) is 6.42 Å². The Kier molecular flexibility index (Phi) is 8.62. The van der Waals surface area contributed by atoms with Crippen molar-refractivity contribution in [3.8, 4) is 0 Å². The molecule has 1 unspecified atom stereocenters. The van der Waals surface area contributed by atoms with Gasteiger partial charge in [-0.3, -0.25) is 9.54 Å². The van der Waals surface area contributed by atoms with E-state index in [-0.39, 0.29) is 6.42 Å². The van der Waals surface area contributed by atoms with E-state index in [1.165, 1.54) is 7.05 Å². The molecule has 0 fully saturated rings. The number of hydrogen-bond acceptors (Lipinski definition) is 5. The molecule has 0 aliphatic heterocycles. The third-order valence-corrected chi connectivity index (χ3v) is 4.15. The van der Waals surface area contributed by atoms with Crippen LogP contribution >= 0.6 is 7.51 Å². The van der Waals surface area contributed by atoms with Crippen molar-refractivity contribution in [2.24, 2.45) is 4.74 Å². The lowest BCUT2D eigenvalue weighted by atomic mass is 10.2. The first-order valence-corrected chi connectivity index (χ1v) is 7.62. The second-order valence-corrected chi connectivity index (χ2v) is 6.23. The van der Waals surface area contributed by atoms with E-state index < -0.39 is 26.1 Å². The van der Waals surface area contributed by atoms with Crippen LogP contribution in [0.3, 0.4) is 0 Å². The Morgan fingerprint density at radius 2 is 1.78 bits per heavy atom. The van der Waals surface area contributed by atoms with E-state index in [4.69, 9.17) is 19.3 Å². The van der Waals surface area contributed by atoms with Crippen molar-refractivity contribution in [1.29, 1.82) is 0 Å². The molecular formula is C10H20NO6P. The molecular weight excluding hydrogens is 261 g/mol. The third-order valence-electron chi connectivity index (χ3n) is 2.16. The van der Waals surface area contributed by atoms with Crippen LogP contribution in [0.5, 0.6) is 0 Å². The Bertz CT molecular complexity index is 330. The molecule has 0 aromatic carbocycles. The summed E-state index contributed by atoms with van der Waals surface area (Å²) in [5.41, 5.74) is 0. The number of nitrogens with zero attached hydrogens (tertiary/aromatic N) is 1. The molecule has 106 valence electrons. The highest BCUT2D eigenvalue weighted by atomic mass is 31.2. The van der Waals surface area contributed by atoms with Gasteiger partial charge in [0.25, 0.3) is 0 Å². The summed E-state index contributed by atoms with van der Waals surface area (Å²) >= 11 is 0. The highest BCUT2D eigenvalue weighted by molar-refractivity contribution is 7.55. The van der Waals surface area contributed by atoms with Crippen LogP contribution in [-0.4, -0.2) is 49.1 Å². The van der Waals surface area contributed by atoms with Gasteiger partial charge in [-0.05, 0) is 12.8 Å². The molecule has 18 heavy (non-hydrogen) atoms. The topological polar surface area (TPSA) is 105 Å². The lowest BCUT2D eigenvalue weighted by molar-refractivity contribution is -0.139. The summed E-state index contributed by atoms with van der Waals surface area (Å²) < 4.78 is 14.5. The minimum atomic E-state index is -2.44. The molecule has 0 rings (SSSR count). The van der Waals surface area contributed by atoms with E-state index >= 15 is 0 Å². The Morgan fingerprint density at radius 1 is 1.11 bits per heavy atom. The smallest absolute Gasteiger partial charge is 0.330 e. The molecule has 0 amide bonds. The van der Waals surface area contributed by atoms with Gasteiger partial charge in [0.15, 0.2) is 6.61 Å². The molecule has 0 aromatic rings. The quantitative estimate of drug-likeness (QED) is 0.469. The van der Waals surface area contributed by atoms with Crippen LogP contribution < -0.4 is 0 Å². The molecule has 1 atom stereocenters. The number of hydrogen-bond donors (Lipinski definition) is 2. The predicted molar refractivity (Wildman–Crippen MR) is 66.8 cm³/mol. The maximum atomic E-state index is 10.4. The second-order valence-electron chi connectivity index (χ2n) is 3.71. The summed E-state index contributed by atoms with van der Waals surface area (Å²) in [5.74, 6) is -1.86. The monoisotopic (exact) mass is 281 g/mol. The van der Waals surface area contributed by atoms with Gasteiger partial charge in [0.1, 0.15) is 0 Å². The molecule has 0 heterocycles. The molecule has 0 spiro atoms. The Balaban J connectivity index is 3.80. The number of carboxylic acids is 2. The van der Waals surface area contributed by atoms with Crippen molar-refractivity contribution in [3.63, 3.8) is 0 Å². The second kappa shape index (κ2) is 9.08. The average Bonchev–Trinajstić information content (AvgIpc) is 2.31. The summed E-state index contributed by atoms with van der Waals surface area (Å²) in [4.78, 5) is 20.7. The normalized spacial score (nSPS) is 13.9. The molecule has 0 aliphatic carbocycles. The Labute approximate surface area is 106 Å². The third kappa shape index (κ3) is 9.15. The highest BCUT2D eigenvalue weighted by Gasteiger charge is 2.15. The Morgan fingerprint density at radius 3 is 2.28 bits per heavy atom.